The molecule has 8 nitrogen and oxygen atoms in total. The quantitative estimate of drug-likeness (QED) is 0.406. The monoisotopic (exact) mass is 537 g/mol. The number of anilines is 1. The standard InChI is InChI=1S/C27H24ClN3O5S/c1-36-22-10-8-17(9-11-22)12-13-31-24(32)16-23(37-27(31)30-21-7-3-5-19(28)15-21)25(33)29-20-6-2-4-18(14-20)26(34)35/h2-11,14-15,23H,12-13,16H2,1H3,(H,29,33)(H,34,35). The van der Waals surface area contributed by atoms with E-state index in [4.69, 9.17) is 16.3 Å². The van der Waals surface area contributed by atoms with Crippen molar-refractivity contribution < 1.29 is 24.2 Å². The number of carboxylic acids is 1. The molecule has 2 amide bonds. The molecule has 0 aromatic heterocycles. The fourth-order valence-electron chi connectivity index (χ4n) is 3.70. The summed E-state index contributed by atoms with van der Waals surface area (Å²) in [5.41, 5.74) is 1.98. The van der Waals surface area contributed by atoms with Crippen molar-refractivity contribution in [1.29, 1.82) is 0 Å². The van der Waals surface area contributed by atoms with Crippen molar-refractivity contribution in [2.24, 2.45) is 4.99 Å². The molecule has 1 aliphatic rings. The van der Waals surface area contributed by atoms with Crippen LogP contribution in [0.5, 0.6) is 5.75 Å². The minimum Gasteiger partial charge on any atom is -0.497 e. The second-order valence-electron chi connectivity index (χ2n) is 8.20. The van der Waals surface area contributed by atoms with Gasteiger partial charge in [-0.2, -0.15) is 0 Å². The first-order valence-corrected chi connectivity index (χ1v) is 12.7. The molecule has 3 aromatic carbocycles. The minimum atomic E-state index is -1.10. The van der Waals surface area contributed by atoms with Crippen molar-refractivity contribution in [1.82, 2.24) is 4.90 Å². The molecule has 4 rings (SSSR count). The molecule has 0 radical (unpaired) electrons. The minimum absolute atomic E-state index is 0.0215. The summed E-state index contributed by atoms with van der Waals surface area (Å²) in [7, 11) is 1.60. The van der Waals surface area contributed by atoms with E-state index >= 15 is 0 Å². The Bertz CT molecular complexity index is 1350. The molecule has 1 fully saturated rings. The van der Waals surface area contributed by atoms with Crippen molar-refractivity contribution in [3.05, 3.63) is 88.9 Å². The van der Waals surface area contributed by atoms with E-state index in [1.54, 1.807) is 48.4 Å². The van der Waals surface area contributed by atoms with Gasteiger partial charge in [0, 0.05) is 23.7 Å². The number of nitrogens with zero attached hydrogens (tertiary/aromatic N) is 2. The van der Waals surface area contributed by atoms with Gasteiger partial charge in [-0.25, -0.2) is 9.79 Å². The predicted molar refractivity (Wildman–Crippen MR) is 145 cm³/mol. The molecular formula is C27H24ClN3O5S. The summed E-state index contributed by atoms with van der Waals surface area (Å²) in [6, 6.07) is 20.5. The molecule has 190 valence electrons. The Morgan fingerprint density at radius 1 is 1.14 bits per heavy atom. The topological polar surface area (TPSA) is 108 Å². The summed E-state index contributed by atoms with van der Waals surface area (Å²) in [6.45, 7) is 0.382. The van der Waals surface area contributed by atoms with Gasteiger partial charge in [-0.3, -0.25) is 14.5 Å². The summed E-state index contributed by atoms with van der Waals surface area (Å²) >= 11 is 7.31. The fraction of sp³-hybridized carbons (Fsp3) is 0.185. The van der Waals surface area contributed by atoms with E-state index in [2.05, 4.69) is 10.3 Å². The first-order valence-electron chi connectivity index (χ1n) is 11.4. The van der Waals surface area contributed by atoms with E-state index in [0.29, 0.717) is 34.5 Å². The Kier molecular flexibility index (Phi) is 8.47. The lowest BCUT2D eigenvalue weighted by molar-refractivity contribution is -0.129. The van der Waals surface area contributed by atoms with Gasteiger partial charge in [0.05, 0.1) is 18.4 Å². The number of amides is 2. The number of aliphatic imine (C=N–C) groups is 1. The molecule has 0 aliphatic carbocycles. The molecule has 0 saturated carbocycles. The Morgan fingerprint density at radius 2 is 1.89 bits per heavy atom. The maximum Gasteiger partial charge on any atom is 0.335 e. The van der Waals surface area contributed by atoms with Crippen molar-refractivity contribution in [3.63, 3.8) is 0 Å². The third-order valence-electron chi connectivity index (χ3n) is 5.63. The number of hydrogen-bond donors (Lipinski definition) is 2. The van der Waals surface area contributed by atoms with Gasteiger partial charge in [0.15, 0.2) is 5.17 Å². The largest absolute Gasteiger partial charge is 0.497 e. The van der Waals surface area contributed by atoms with Crippen LogP contribution in [0.1, 0.15) is 22.3 Å². The maximum absolute atomic E-state index is 13.2. The second kappa shape index (κ2) is 11.9. The molecule has 1 saturated heterocycles. The average Bonchev–Trinajstić information content (AvgIpc) is 2.88. The van der Waals surface area contributed by atoms with Crippen LogP contribution in [0.2, 0.25) is 5.02 Å². The molecule has 2 N–H and O–H groups in total. The number of carboxylic acid groups (broad SMARTS) is 1. The van der Waals surface area contributed by atoms with Crippen LogP contribution < -0.4 is 10.1 Å². The van der Waals surface area contributed by atoms with E-state index in [9.17, 15) is 19.5 Å². The summed E-state index contributed by atoms with van der Waals surface area (Å²) in [4.78, 5) is 43.8. The number of thioether (sulfide) groups is 1. The Balaban J connectivity index is 1.54. The van der Waals surface area contributed by atoms with Crippen LogP contribution in [0.4, 0.5) is 11.4 Å². The Morgan fingerprint density at radius 3 is 2.59 bits per heavy atom. The number of aromatic carboxylic acids is 1. The molecule has 1 heterocycles. The van der Waals surface area contributed by atoms with Crippen LogP contribution in [-0.2, 0) is 16.0 Å². The van der Waals surface area contributed by atoms with E-state index in [0.717, 1.165) is 11.3 Å². The van der Waals surface area contributed by atoms with Gasteiger partial charge in [0.1, 0.15) is 11.0 Å². The van der Waals surface area contributed by atoms with E-state index < -0.39 is 17.1 Å². The lowest BCUT2D eigenvalue weighted by Crippen LogP contribution is -2.46. The molecule has 0 spiro atoms. The Labute approximate surface area is 223 Å². The number of hydrogen-bond acceptors (Lipinski definition) is 6. The van der Waals surface area contributed by atoms with Gasteiger partial charge in [-0.05, 0) is 60.5 Å². The molecular weight excluding hydrogens is 514 g/mol. The van der Waals surface area contributed by atoms with E-state index in [1.807, 2.05) is 24.3 Å². The fourth-order valence-corrected chi connectivity index (χ4v) is 5.01. The highest BCUT2D eigenvalue weighted by Gasteiger charge is 2.36. The number of methoxy groups -OCH3 is 1. The first kappa shape index (κ1) is 26.2. The molecule has 1 aliphatic heterocycles. The van der Waals surface area contributed by atoms with Gasteiger partial charge >= 0.3 is 5.97 Å². The van der Waals surface area contributed by atoms with Gasteiger partial charge < -0.3 is 15.2 Å². The van der Waals surface area contributed by atoms with Crippen LogP contribution in [0, 0.1) is 0 Å². The highest BCUT2D eigenvalue weighted by Crippen LogP contribution is 2.31. The van der Waals surface area contributed by atoms with Crippen molar-refractivity contribution in [3.8, 4) is 5.75 Å². The van der Waals surface area contributed by atoms with Crippen molar-refractivity contribution >= 4 is 57.7 Å². The van der Waals surface area contributed by atoms with Crippen LogP contribution >= 0.6 is 23.4 Å². The highest BCUT2D eigenvalue weighted by atomic mass is 35.5. The summed E-state index contributed by atoms with van der Waals surface area (Å²) in [6.07, 6.45) is 0.565. The average molecular weight is 538 g/mol. The third kappa shape index (κ3) is 6.90. The van der Waals surface area contributed by atoms with Gasteiger partial charge in [0.2, 0.25) is 11.8 Å². The zero-order chi connectivity index (χ0) is 26.4. The lowest BCUT2D eigenvalue weighted by atomic mass is 10.1. The number of carbonyl (C=O) groups is 3. The molecule has 3 aromatic rings. The summed E-state index contributed by atoms with van der Waals surface area (Å²) in [5, 5.41) is 12.1. The highest BCUT2D eigenvalue weighted by molar-refractivity contribution is 8.15. The van der Waals surface area contributed by atoms with Crippen molar-refractivity contribution in [2.45, 2.75) is 18.1 Å². The number of carbonyl (C=O) groups excluding carboxylic acids is 2. The summed E-state index contributed by atoms with van der Waals surface area (Å²) in [5.74, 6) is -0.983. The molecule has 1 atom stereocenters. The third-order valence-corrected chi connectivity index (χ3v) is 7.05. The normalized spacial score (nSPS) is 16.5. The number of ether oxygens (including phenoxy) is 1. The zero-order valence-corrected chi connectivity index (χ0v) is 21.5. The number of rotatable bonds is 8. The molecule has 37 heavy (non-hydrogen) atoms. The number of amidine groups is 1. The van der Waals surface area contributed by atoms with Crippen LogP contribution in [0.3, 0.4) is 0 Å². The zero-order valence-electron chi connectivity index (χ0n) is 19.9. The molecule has 0 bridgehead atoms. The number of halogens is 1. The number of nitrogens with one attached hydrogen (secondary N) is 1. The number of benzene rings is 3. The maximum atomic E-state index is 13.2. The second-order valence-corrected chi connectivity index (χ2v) is 9.81. The van der Waals surface area contributed by atoms with Crippen LogP contribution in [0.25, 0.3) is 0 Å². The SMILES string of the molecule is COc1ccc(CCN2C(=O)CC(C(=O)Nc3cccc(C(=O)O)c3)SC2=Nc2cccc(Cl)c2)cc1. The van der Waals surface area contributed by atoms with Crippen LogP contribution in [0.15, 0.2) is 77.8 Å². The van der Waals surface area contributed by atoms with Crippen molar-refractivity contribution in [2.75, 3.05) is 19.0 Å². The van der Waals surface area contributed by atoms with E-state index in [-0.39, 0.29) is 17.9 Å². The Hall–Kier alpha value is -3.82. The first-order chi connectivity index (χ1) is 17.8. The molecule has 10 heteroatoms. The lowest BCUT2D eigenvalue weighted by Gasteiger charge is -2.32. The van der Waals surface area contributed by atoms with Crippen LogP contribution in [-0.4, -0.2) is 51.9 Å². The van der Waals surface area contributed by atoms with Gasteiger partial charge in [-0.1, -0.05) is 47.6 Å². The van der Waals surface area contributed by atoms with E-state index in [1.165, 1.54) is 23.9 Å². The van der Waals surface area contributed by atoms with Gasteiger partial charge in [-0.15, -0.1) is 0 Å². The predicted octanol–water partition coefficient (Wildman–Crippen LogP) is 5.25. The molecule has 1 unspecified atom stereocenters. The smallest absolute Gasteiger partial charge is 0.335 e. The summed E-state index contributed by atoms with van der Waals surface area (Å²) < 4.78 is 5.20. The van der Waals surface area contributed by atoms with Gasteiger partial charge in [0.25, 0.3) is 0 Å².